The monoisotopic (exact) mass is 355 g/mol. The largest absolute Gasteiger partial charge is 0.484 e. The maximum absolute atomic E-state index is 13.5. The van der Waals surface area contributed by atoms with E-state index in [9.17, 15) is 19.6 Å². The molecule has 0 fully saturated rings. The molecule has 0 saturated heterocycles. The number of nitro groups is 1. The number of aliphatic hydroxyl groups excluding tert-OH is 1. The first-order valence-electron chi connectivity index (χ1n) is 5.98. The van der Waals surface area contributed by atoms with Crippen LogP contribution in [0.4, 0.5) is 10.1 Å². The first-order chi connectivity index (χ1) is 9.99. The summed E-state index contributed by atoms with van der Waals surface area (Å²) in [5, 5.41) is 20.9. The summed E-state index contributed by atoms with van der Waals surface area (Å²) in [7, 11) is 0. The second-order valence-electron chi connectivity index (χ2n) is 4.23. The third-order valence-corrected chi connectivity index (χ3v) is 3.39. The number of benzene rings is 2. The Hall–Kier alpha value is -1.99. The van der Waals surface area contributed by atoms with Crippen molar-refractivity contribution in [1.29, 1.82) is 0 Å². The molecule has 0 amide bonds. The van der Waals surface area contributed by atoms with E-state index in [4.69, 9.17) is 4.74 Å². The topological polar surface area (TPSA) is 72.6 Å². The molecule has 21 heavy (non-hydrogen) atoms. The molecule has 1 unspecified atom stereocenters. The summed E-state index contributed by atoms with van der Waals surface area (Å²) < 4.78 is 18.6. The zero-order valence-electron chi connectivity index (χ0n) is 10.7. The van der Waals surface area contributed by atoms with Crippen molar-refractivity contribution in [3.05, 3.63) is 68.4 Å². The summed E-state index contributed by atoms with van der Waals surface area (Å²) in [5.74, 6) is -0.902. The van der Waals surface area contributed by atoms with Gasteiger partial charge in [-0.25, -0.2) is 4.39 Å². The van der Waals surface area contributed by atoms with Crippen LogP contribution in [0.1, 0.15) is 11.7 Å². The number of nitro benzene ring substituents is 1. The number of ether oxygens (including phenoxy) is 1. The summed E-state index contributed by atoms with van der Waals surface area (Å²) in [5.41, 5.74) is 0.237. The fraction of sp³-hybridized carbons (Fsp3) is 0.143. The highest BCUT2D eigenvalue weighted by molar-refractivity contribution is 9.10. The number of hydrogen-bond acceptors (Lipinski definition) is 4. The first kappa shape index (κ1) is 15.4. The molecule has 0 aromatic heterocycles. The van der Waals surface area contributed by atoms with Crippen molar-refractivity contribution in [1.82, 2.24) is 0 Å². The predicted molar refractivity (Wildman–Crippen MR) is 77.7 cm³/mol. The number of halogens is 2. The molecule has 0 radical (unpaired) electrons. The number of hydrogen-bond donors (Lipinski definition) is 1. The van der Waals surface area contributed by atoms with Crippen LogP contribution in [0.3, 0.4) is 0 Å². The zero-order valence-corrected chi connectivity index (χ0v) is 12.3. The lowest BCUT2D eigenvalue weighted by Crippen LogP contribution is -2.10. The van der Waals surface area contributed by atoms with Gasteiger partial charge in [0.15, 0.2) is 5.75 Å². The maximum Gasteiger partial charge on any atom is 0.312 e. The van der Waals surface area contributed by atoms with Gasteiger partial charge in [-0.05, 0) is 21.5 Å². The van der Waals surface area contributed by atoms with Crippen LogP contribution in [0.5, 0.6) is 5.75 Å². The van der Waals surface area contributed by atoms with E-state index in [-0.39, 0.29) is 22.5 Å². The lowest BCUT2D eigenvalue weighted by atomic mass is 10.1. The van der Waals surface area contributed by atoms with E-state index >= 15 is 0 Å². The van der Waals surface area contributed by atoms with Gasteiger partial charge in [-0.15, -0.1) is 0 Å². The number of rotatable bonds is 5. The Morgan fingerprint density at radius 2 is 2.00 bits per heavy atom. The van der Waals surface area contributed by atoms with Crippen LogP contribution in [0.25, 0.3) is 0 Å². The normalized spacial score (nSPS) is 12.0. The molecule has 7 heteroatoms. The molecule has 2 aromatic rings. The lowest BCUT2D eigenvalue weighted by molar-refractivity contribution is -0.386. The highest BCUT2D eigenvalue weighted by atomic mass is 79.9. The molecule has 0 spiro atoms. The van der Waals surface area contributed by atoms with Crippen molar-refractivity contribution in [3.63, 3.8) is 0 Å². The third-order valence-electron chi connectivity index (χ3n) is 2.78. The van der Waals surface area contributed by atoms with Gasteiger partial charge in [-0.2, -0.15) is 0 Å². The molecule has 0 aliphatic rings. The molecule has 0 aliphatic heterocycles. The fourth-order valence-electron chi connectivity index (χ4n) is 1.72. The molecular formula is C14H11BrFNO4. The van der Waals surface area contributed by atoms with Crippen molar-refractivity contribution >= 4 is 21.6 Å². The standard InChI is InChI=1S/C14H11BrFNO4/c15-10-6-12(17(19)20)14(7-11(10)16)21-8-13(18)9-4-2-1-3-5-9/h1-7,13,18H,8H2. The SMILES string of the molecule is O=[N+]([O-])c1cc(Br)c(F)cc1OCC(O)c1ccccc1. The summed E-state index contributed by atoms with van der Waals surface area (Å²) >= 11 is 2.88. The van der Waals surface area contributed by atoms with Crippen molar-refractivity contribution in [2.45, 2.75) is 6.10 Å². The summed E-state index contributed by atoms with van der Waals surface area (Å²) in [4.78, 5) is 10.2. The van der Waals surface area contributed by atoms with Crippen LogP contribution >= 0.6 is 15.9 Å². The average Bonchev–Trinajstić information content (AvgIpc) is 2.48. The van der Waals surface area contributed by atoms with Crippen LogP contribution in [0.2, 0.25) is 0 Å². The molecule has 1 atom stereocenters. The van der Waals surface area contributed by atoms with Gasteiger partial charge in [0.05, 0.1) is 9.40 Å². The van der Waals surface area contributed by atoms with Gasteiger partial charge in [-0.1, -0.05) is 30.3 Å². The first-order valence-corrected chi connectivity index (χ1v) is 6.77. The van der Waals surface area contributed by atoms with E-state index in [2.05, 4.69) is 15.9 Å². The number of aliphatic hydroxyl groups is 1. The van der Waals surface area contributed by atoms with E-state index < -0.39 is 16.8 Å². The Balaban J connectivity index is 2.16. The van der Waals surface area contributed by atoms with Crippen molar-refractivity contribution < 1.29 is 19.2 Å². The van der Waals surface area contributed by atoms with Gasteiger partial charge in [-0.3, -0.25) is 10.1 Å². The third kappa shape index (κ3) is 3.77. The summed E-state index contributed by atoms with van der Waals surface area (Å²) in [6.45, 7) is -0.216. The minimum Gasteiger partial charge on any atom is -0.484 e. The molecule has 0 heterocycles. The van der Waals surface area contributed by atoms with Crippen molar-refractivity contribution in [2.75, 3.05) is 6.61 Å². The van der Waals surface area contributed by atoms with Crippen LogP contribution < -0.4 is 4.74 Å². The van der Waals surface area contributed by atoms with E-state index in [1.165, 1.54) is 0 Å². The molecule has 2 aromatic carbocycles. The smallest absolute Gasteiger partial charge is 0.312 e. The van der Waals surface area contributed by atoms with Crippen molar-refractivity contribution in [2.24, 2.45) is 0 Å². The van der Waals surface area contributed by atoms with Gasteiger partial charge in [0, 0.05) is 12.1 Å². The second kappa shape index (κ2) is 6.64. The quantitative estimate of drug-likeness (QED) is 0.656. The predicted octanol–water partition coefficient (Wildman–Crippen LogP) is 3.61. The van der Waals surface area contributed by atoms with Gasteiger partial charge >= 0.3 is 5.69 Å². The highest BCUT2D eigenvalue weighted by Gasteiger charge is 2.20. The molecule has 1 N–H and O–H groups in total. The molecule has 5 nitrogen and oxygen atoms in total. The molecule has 0 aliphatic carbocycles. The van der Waals surface area contributed by atoms with Gasteiger partial charge in [0.1, 0.15) is 18.5 Å². The van der Waals surface area contributed by atoms with Crippen LogP contribution in [0.15, 0.2) is 46.9 Å². The van der Waals surface area contributed by atoms with E-state index in [1.54, 1.807) is 30.3 Å². The van der Waals surface area contributed by atoms with Gasteiger partial charge < -0.3 is 9.84 Å². The Labute approximate surface area is 128 Å². The van der Waals surface area contributed by atoms with E-state index in [1.807, 2.05) is 0 Å². The molecule has 2 rings (SSSR count). The molecule has 110 valence electrons. The minimum absolute atomic E-state index is 0.0230. The Kier molecular flexibility index (Phi) is 4.87. The minimum atomic E-state index is -0.961. The fourth-order valence-corrected chi connectivity index (χ4v) is 2.05. The molecule has 0 saturated carbocycles. The van der Waals surface area contributed by atoms with E-state index in [0.717, 1.165) is 12.1 Å². The molecular weight excluding hydrogens is 345 g/mol. The lowest BCUT2D eigenvalue weighted by Gasteiger charge is -2.13. The van der Waals surface area contributed by atoms with Crippen molar-refractivity contribution in [3.8, 4) is 5.75 Å². The number of nitrogens with zero attached hydrogens (tertiary/aromatic N) is 1. The van der Waals surface area contributed by atoms with Crippen LogP contribution in [-0.4, -0.2) is 16.6 Å². The second-order valence-corrected chi connectivity index (χ2v) is 5.08. The Bertz CT molecular complexity index is 651. The average molecular weight is 356 g/mol. The maximum atomic E-state index is 13.5. The van der Waals surface area contributed by atoms with Crippen LogP contribution in [-0.2, 0) is 0 Å². The van der Waals surface area contributed by atoms with Gasteiger partial charge in [0.2, 0.25) is 0 Å². The van der Waals surface area contributed by atoms with E-state index in [0.29, 0.717) is 5.56 Å². The summed E-state index contributed by atoms with van der Waals surface area (Å²) in [6.07, 6.45) is -0.961. The van der Waals surface area contributed by atoms with Gasteiger partial charge in [0.25, 0.3) is 0 Å². The highest BCUT2D eigenvalue weighted by Crippen LogP contribution is 2.33. The Morgan fingerprint density at radius 1 is 1.33 bits per heavy atom. The zero-order chi connectivity index (χ0) is 15.4. The van der Waals surface area contributed by atoms with Crippen LogP contribution in [0, 0.1) is 15.9 Å². The molecule has 0 bridgehead atoms. The summed E-state index contributed by atoms with van der Waals surface area (Å²) in [6, 6.07) is 10.6. The Morgan fingerprint density at radius 3 is 2.62 bits per heavy atom.